The number of benzene rings is 1. The number of hydrogen-bond donors (Lipinski definition) is 1. The molecule has 1 aromatic rings. The summed E-state index contributed by atoms with van der Waals surface area (Å²) in [6.45, 7) is 7.46. The van der Waals surface area contributed by atoms with Crippen molar-refractivity contribution in [1.29, 1.82) is 0 Å². The fourth-order valence-corrected chi connectivity index (χ4v) is 2.53. The van der Waals surface area contributed by atoms with Crippen molar-refractivity contribution >= 4 is 10.0 Å². The van der Waals surface area contributed by atoms with Crippen LogP contribution in [-0.2, 0) is 10.0 Å². The predicted octanol–water partition coefficient (Wildman–Crippen LogP) is 1.77. The molecule has 0 spiro atoms. The van der Waals surface area contributed by atoms with E-state index in [9.17, 15) is 8.42 Å². The van der Waals surface area contributed by atoms with Gasteiger partial charge in [-0.15, -0.1) is 6.58 Å². The van der Waals surface area contributed by atoms with Crippen molar-refractivity contribution < 1.29 is 8.42 Å². The van der Waals surface area contributed by atoms with Crippen LogP contribution in [0, 0.1) is 13.8 Å². The SMILES string of the molecule is C=CCNS(=O)(=O)c1cc(C)cc(C)c1. The Balaban J connectivity index is 3.09. The van der Waals surface area contributed by atoms with Crippen LogP contribution in [0.3, 0.4) is 0 Å². The molecule has 3 nitrogen and oxygen atoms in total. The minimum atomic E-state index is -3.39. The first-order valence-electron chi connectivity index (χ1n) is 4.64. The van der Waals surface area contributed by atoms with E-state index in [4.69, 9.17) is 0 Å². The van der Waals surface area contributed by atoms with E-state index >= 15 is 0 Å². The third kappa shape index (κ3) is 3.18. The van der Waals surface area contributed by atoms with Crippen LogP contribution >= 0.6 is 0 Å². The molecule has 0 radical (unpaired) electrons. The van der Waals surface area contributed by atoms with Gasteiger partial charge in [0.15, 0.2) is 0 Å². The molecule has 0 amide bonds. The molecular formula is C11H15NO2S. The van der Waals surface area contributed by atoms with Gasteiger partial charge in [0.1, 0.15) is 0 Å². The van der Waals surface area contributed by atoms with Crippen molar-refractivity contribution in [3.8, 4) is 0 Å². The van der Waals surface area contributed by atoms with E-state index in [2.05, 4.69) is 11.3 Å². The maximum atomic E-state index is 11.7. The number of rotatable bonds is 4. The van der Waals surface area contributed by atoms with Crippen LogP contribution in [0.25, 0.3) is 0 Å². The van der Waals surface area contributed by atoms with Gasteiger partial charge in [-0.1, -0.05) is 12.1 Å². The van der Waals surface area contributed by atoms with Gasteiger partial charge in [0, 0.05) is 6.54 Å². The smallest absolute Gasteiger partial charge is 0.207 e. The zero-order valence-corrected chi connectivity index (χ0v) is 9.76. The summed E-state index contributed by atoms with van der Waals surface area (Å²) in [5.41, 5.74) is 1.88. The molecule has 0 aliphatic heterocycles. The van der Waals surface area contributed by atoms with E-state index in [0.717, 1.165) is 11.1 Å². The Morgan fingerprint density at radius 1 is 1.27 bits per heavy atom. The Bertz CT molecular complexity index is 443. The first kappa shape index (κ1) is 11.9. The lowest BCUT2D eigenvalue weighted by atomic mass is 10.2. The maximum absolute atomic E-state index is 11.7. The van der Waals surface area contributed by atoms with Gasteiger partial charge in [-0.3, -0.25) is 0 Å². The summed E-state index contributed by atoms with van der Waals surface area (Å²) in [4.78, 5) is 0.307. The number of nitrogens with one attached hydrogen (secondary N) is 1. The van der Waals surface area contributed by atoms with Crippen LogP contribution in [0.4, 0.5) is 0 Å². The first-order valence-corrected chi connectivity index (χ1v) is 6.13. The van der Waals surface area contributed by atoms with Crippen molar-refractivity contribution in [3.63, 3.8) is 0 Å². The molecule has 0 bridgehead atoms. The van der Waals surface area contributed by atoms with Gasteiger partial charge >= 0.3 is 0 Å². The van der Waals surface area contributed by atoms with Crippen molar-refractivity contribution in [3.05, 3.63) is 42.0 Å². The number of sulfonamides is 1. The highest BCUT2D eigenvalue weighted by atomic mass is 32.2. The molecule has 0 unspecified atom stereocenters. The molecule has 0 aliphatic rings. The number of hydrogen-bond acceptors (Lipinski definition) is 2. The average molecular weight is 225 g/mol. The third-order valence-corrected chi connectivity index (χ3v) is 3.33. The van der Waals surface area contributed by atoms with E-state index in [1.807, 2.05) is 19.9 Å². The zero-order valence-electron chi connectivity index (χ0n) is 8.95. The van der Waals surface area contributed by atoms with Crippen molar-refractivity contribution in [2.24, 2.45) is 0 Å². The van der Waals surface area contributed by atoms with Gasteiger partial charge in [-0.05, 0) is 37.1 Å². The molecule has 4 heteroatoms. The lowest BCUT2D eigenvalue weighted by molar-refractivity contribution is 0.585. The second-order valence-corrected chi connectivity index (χ2v) is 5.23. The summed E-state index contributed by atoms with van der Waals surface area (Å²) in [6, 6.07) is 5.24. The standard InChI is InChI=1S/C11H15NO2S/c1-4-5-12-15(13,14)11-7-9(2)6-10(3)8-11/h4,6-8,12H,1,5H2,2-3H3. The summed E-state index contributed by atoms with van der Waals surface area (Å²) in [7, 11) is -3.39. The molecular weight excluding hydrogens is 210 g/mol. The van der Waals surface area contributed by atoms with E-state index in [1.165, 1.54) is 6.08 Å². The lowest BCUT2D eigenvalue weighted by Crippen LogP contribution is -2.23. The lowest BCUT2D eigenvalue weighted by Gasteiger charge is -2.06. The predicted molar refractivity (Wildman–Crippen MR) is 61.3 cm³/mol. The molecule has 0 aliphatic carbocycles. The second-order valence-electron chi connectivity index (χ2n) is 3.46. The molecule has 15 heavy (non-hydrogen) atoms. The van der Waals surface area contributed by atoms with Gasteiger partial charge in [0.25, 0.3) is 0 Å². The fourth-order valence-electron chi connectivity index (χ4n) is 1.34. The van der Waals surface area contributed by atoms with Crippen LogP contribution in [0.5, 0.6) is 0 Å². The first-order chi connectivity index (χ1) is 6.95. The van der Waals surface area contributed by atoms with E-state index in [0.29, 0.717) is 4.90 Å². The quantitative estimate of drug-likeness (QED) is 0.794. The Labute approximate surface area is 90.9 Å². The van der Waals surface area contributed by atoms with Crippen LogP contribution < -0.4 is 4.72 Å². The summed E-state index contributed by atoms with van der Waals surface area (Å²) < 4.78 is 25.9. The average Bonchev–Trinajstić information content (AvgIpc) is 2.13. The molecule has 0 saturated heterocycles. The minimum absolute atomic E-state index is 0.245. The fraction of sp³-hybridized carbons (Fsp3) is 0.273. The molecule has 0 saturated carbocycles. The zero-order chi connectivity index (χ0) is 11.5. The summed E-state index contributed by atoms with van der Waals surface area (Å²) in [5.74, 6) is 0. The normalized spacial score (nSPS) is 11.3. The van der Waals surface area contributed by atoms with Crippen LogP contribution in [0.2, 0.25) is 0 Å². The van der Waals surface area contributed by atoms with Crippen molar-refractivity contribution in [2.75, 3.05) is 6.54 Å². The highest BCUT2D eigenvalue weighted by Crippen LogP contribution is 2.13. The molecule has 0 aromatic heterocycles. The van der Waals surface area contributed by atoms with Crippen molar-refractivity contribution in [1.82, 2.24) is 4.72 Å². The Morgan fingerprint density at radius 2 is 1.80 bits per heavy atom. The Kier molecular flexibility index (Phi) is 3.66. The monoisotopic (exact) mass is 225 g/mol. The summed E-state index contributed by atoms with van der Waals surface area (Å²) >= 11 is 0. The Hall–Kier alpha value is -1.13. The van der Waals surface area contributed by atoms with Crippen LogP contribution in [0.15, 0.2) is 35.7 Å². The van der Waals surface area contributed by atoms with E-state index in [1.54, 1.807) is 12.1 Å². The molecule has 1 aromatic carbocycles. The van der Waals surface area contributed by atoms with Gasteiger partial charge in [0.2, 0.25) is 10.0 Å². The highest BCUT2D eigenvalue weighted by Gasteiger charge is 2.12. The third-order valence-electron chi connectivity index (χ3n) is 1.92. The van der Waals surface area contributed by atoms with E-state index in [-0.39, 0.29) is 6.54 Å². The number of aryl methyl sites for hydroxylation is 2. The molecule has 82 valence electrons. The maximum Gasteiger partial charge on any atom is 0.240 e. The van der Waals surface area contributed by atoms with Gasteiger partial charge in [0.05, 0.1) is 4.90 Å². The van der Waals surface area contributed by atoms with Crippen molar-refractivity contribution in [2.45, 2.75) is 18.7 Å². The van der Waals surface area contributed by atoms with Gasteiger partial charge in [-0.2, -0.15) is 0 Å². The molecule has 1 N–H and O–H groups in total. The van der Waals surface area contributed by atoms with Gasteiger partial charge in [-0.25, -0.2) is 13.1 Å². The Morgan fingerprint density at radius 3 is 2.27 bits per heavy atom. The molecule has 0 atom stereocenters. The second kappa shape index (κ2) is 4.59. The summed E-state index contributed by atoms with van der Waals surface area (Å²) in [5, 5.41) is 0. The topological polar surface area (TPSA) is 46.2 Å². The summed E-state index contributed by atoms with van der Waals surface area (Å²) in [6.07, 6.45) is 1.51. The van der Waals surface area contributed by atoms with Crippen LogP contribution in [-0.4, -0.2) is 15.0 Å². The van der Waals surface area contributed by atoms with Crippen LogP contribution in [0.1, 0.15) is 11.1 Å². The minimum Gasteiger partial charge on any atom is -0.207 e. The largest absolute Gasteiger partial charge is 0.240 e. The van der Waals surface area contributed by atoms with E-state index < -0.39 is 10.0 Å². The molecule has 0 heterocycles. The highest BCUT2D eigenvalue weighted by molar-refractivity contribution is 7.89. The molecule has 0 fully saturated rings. The van der Waals surface area contributed by atoms with Gasteiger partial charge < -0.3 is 0 Å². The molecule has 1 rings (SSSR count).